The van der Waals surface area contributed by atoms with Crippen LogP contribution in [0, 0.1) is 11.8 Å². The molecular weight excluding hydrogens is 310 g/mol. The third-order valence-electron chi connectivity index (χ3n) is 6.72. The third kappa shape index (κ3) is 3.00. The molecule has 2 saturated heterocycles. The van der Waals surface area contributed by atoms with E-state index in [-0.39, 0.29) is 6.10 Å². The van der Waals surface area contributed by atoms with Gasteiger partial charge in [-0.3, -0.25) is 4.90 Å². The molecule has 0 bridgehead atoms. The molecule has 3 aliphatic rings. The summed E-state index contributed by atoms with van der Waals surface area (Å²) in [6.07, 6.45) is 11.6. The first kappa shape index (κ1) is 15.8. The summed E-state index contributed by atoms with van der Waals surface area (Å²) in [6.45, 7) is 4.46. The normalized spacial score (nSPS) is 30.6. The lowest BCUT2D eigenvalue weighted by molar-refractivity contribution is 0.0796. The van der Waals surface area contributed by atoms with Crippen LogP contribution in [-0.2, 0) is 11.3 Å². The minimum atomic E-state index is 0.233. The molecule has 2 aliphatic heterocycles. The fourth-order valence-electron chi connectivity index (χ4n) is 5.39. The van der Waals surface area contributed by atoms with Crippen LogP contribution in [0.1, 0.15) is 62.3 Å². The van der Waals surface area contributed by atoms with Crippen LogP contribution in [0.2, 0.25) is 0 Å². The van der Waals surface area contributed by atoms with Crippen LogP contribution in [0.5, 0.6) is 0 Å². The van der Waals surface area contributed by atoms with E-state index in [1.54, 1.807) is 0 Å². The second-order valence-electron chi connectivity index (χ2n) is 8.25. The van der Waals surface area contributed by atoms with E-state index in [0.717, 1.165) is 37.1 Å². The lowest BCUT2D eigenvalue weighted by atomic mass is 9.75. The Morgan fingerprint density at radius 2 is 2.04 bits per heavy atom. The van der Waals surface area contributed by atoms with Crippen molar-refractivity contribution in [3.8, 4) is 0 Å². The summed E-state index contributed by atoms with van der Waals surface area (Å²) in [7, 11) is 0. The largest absolute Gasteiger partial charge is 0.372 e. The monoisotopic (exact) mass is 339 g/mol. The van der Waals surface area contributed by atoms with Crippen molar-refractivity contribution in [1.82, 2.24) is 14.9 Å². The van der Waals surface area contributed by atoms with Gasteiger partial charge in [-0.05, 0) is 61.8 Å². The van der Waals surface area contributed by atoms with Gasteiger partial charge in [-0.25, -0.2) is 4.98 Å². The van der Waals surface area contributed by atoms with Crippen molar-refractivity contribution in [2.45, 2.75) is 57.6 Å². The number of nitrogens with zero attached hydrogens (tertiary/aromatic N) is 2. The topological polar surface area (TPSA) is 41.1 Å². The Bertz CT molecular complexity index is 734. The maximum absolute atomic E-state index is 6.01. The summed E-state index contributed by atoms with van der Waals surface area (Å²) in [5.74, 6) is 1.92. The number of pyridine rings is 1. The zero-order chi connectivity index (χ0) is 16.6. The molecule has 0 aromatic carbocycles. The Labute approximate surface area is 150 Å². The molecule has 1 saturated carbocycles. The average molecular weight is 339 g/mol. The van der Waals surface area contributed by atoms with Crippen LogP contribution >= 0.6 is 0 Å². The van der Waals surface area contributed by atoms with E-state index in [1.165, 1.54) is 68.3 Å². The lowest BCUT2D eigenvalue weighted by Gasteiger charge is -2.41. The summed E-state index contributed by atoms with van der Waals surface area (Å²) in [5, 5.41) is 1.29. The molecular formula is C21H29N3O. The number of hydrogen-bond donors (Lipinski definition) is 1. The van der Waals surface area contributed by atoms with Gasteiger partial charge in [-0.1, -0.05) is 19.3 Å². The van der Waals surface area contributed by atoms with Gasteiger partial charge in [0.15, 0.2) is 0 Å². The van der Waals surface area contributed by atoms with Crippen molar-refractivity contribution >= 4 is 11.0 Å². The van der Waals surface area contributed by atoms with Gasteiger partial charge in [0.05, 0.1) is 11.8 Å². The Morgan fingerprint density at radius 1 is 1.12 bits per heavy atom. The van der Waals surface area contributed by atoms with Gasteiger partial charge in [0, 0.05) is 31.3 Å². The lowest BCUT2D eigenvalue weighted by Crippen LogP contribution is -2.41. The van der Waals surface area contributed by atoms with Crippen LogP contribution < -0.4 is 0 Å². The number of nitrogens with one attached hydrogen (secondary N) is 1. The van der Waals surface area contributed by atoms with Gasteiger partial charge < -0.3 is 9.72 Å². The zero-order valence-electron chi connectivity index (χ0n) is 15.0. The van der Waals surface area contributed by atoms with Crippen molar-refractivity contribution in [1.29, 1.82) is 0 Å². The Hall–Kier alpha value is -1.39. The molecule has 2 aromatic rings. The first-order valence-electron chi connectivity index (χ1n) is 10.2. The van der Waals surface area contributed by atoms with Crippen molar-refractivity contribution in [3.63, 3.8) is 0 Å². The Morgan fingerprint density at radius 3 is 2.92 bits per heavy atom. The van der Waals surface area contributed by atoms with E-state index >= 15 is 0 Å². The third-order valence-corrected chi connectivity index (χ3v) is 6.72. The average Bonchev–Trinajstić information content (AvgIpc) is 3.30. The van der Waals surface area contributed by atoms with E-state index in [1.807, 2.05) is 6.20 Å². The zero-order valence-corrected chi connectivity index (χ0v) is 15.0. The van der Waals surface area contributed by atoms with Crippen molar-refractivity contribution < 1.29 is 4.74 Å². The maximum atomic E-state index is 6.01. The highest BCUT2D eigenvalue weighted by Crippen LogP contribution is 2.38. The Kier molecular flexibility index (Phi) is 4.26. The molecule has 4 heteroatoms. The van der Waals surface area contributed by atoms with Crippen LogP contribution in [0.4, 0.5) is 0 Å². The first-order chi connectivity index (χ1) is 12.4. The van der Waals surface area contributed by atoms with E-state index in [0.29, 0.717) is 0 Å². The van der Waals surface area contributed by atoms with Gasteiger partial charge in [-0.15, -0.1) is 0 Å². The van der Waals surface area contributed by atoms with Crippen LogP contribution in [0.15, 0.2) is 18.3 Å². The number of fused-ring (bicyclic) bond motifs is 2. The molecule has 2 aromatic heterocycles. The van der Waals surface area contributed by atoms with E-state index in [4.69, 9.17) is 4.74 Å². The molecule has 0 spiro atoms. The molecule has 0 radical (unpaired) electrons. The summed E-state index contributed by atoms with van der Waals surface area (Å²) in [6, 6.07) is 4.28. The van der Waals surface area contributed by atoms with E-state index in [9.17, 15) is 0 Å². The number of piperidine rings is 1. The molecule has 3 fully saturated rings. The van der Waals surface area contributed by atoms with Crippen LogP contribution in [0.3, 0.4) is 0 Å². The van der Waals surface area contributed by atoms with Gasteiger partial charge in [0.1, 0.15) is 5.65 Å². The number of hydrogen-bond acceptors (Lipinski definition) is 3. The number of aromatic nitrogens is 2. The van der Waals surface area contributed by atoms with Crippen molar-refractivity contribution in [2.24, 2.45) is 11.8 Å². The van der Waals surface area contributed by atoms with Crippen LogP contribution in [0.25, 0.3) is 11.0 Å². The number of ether oxygens (including phenoxy) is 1. The minimum absolute atomic E-state index is 0.233. The summed E-state index contributed by atoms with van der Waals surface area (Å²) in [4.78, 5) is 10.8. The van der Waals surface area contributed by atoms with Gasteiger partial charge in [0.25, 0.3) is 0 Å². The molecule has 5 rings (SSSR count). The first-order valence-corrected chi connectivity index (χ1v) is 10.2. The number of rotatable bonds is 3. The van der Waals surface area contributed by atoms with Gasteiger partial charge in [0.2, 0.25) is 0 Å². The highest BCUT2D eigenvalue weighted by molar-refractivity contribution is 5.81. The molecule has 4 heterocycles. The van der Waals surface area contributed by atoms with Gasteiger partial charge in [-0.2, -0.15) is 0 Å². The minimum Gasteiger partial charge on any atom is -0.372 e. The number of aromatic amines is 1. The van der Waals surface area contributed by atoms with E-state index in [2.05, 4.69) is 27.0 Å². The second kappa shape index (κ2) is 6.73. The van der Waals surface area contributed by atoms with Gasteiger partial charge >= 0.3 is 0 Å². The molecule has 3 atom stereocenters. The number of likely N-dealkylation sites (tertiary alicyclic amines) is 1. The fourth-order valence-corrected chi connectivity index (χ4v) is 5.39. The molecule has 1 N–H and O–H groups in total. The molecule has 0 unspecified atom stereocenters. The molecule has 1 aliphatic carbocycles. The maximum Gasteiger partial charge on any atom is 0.137 e. The SMILES string of the molecule is c1cnc2[nH]c([C@@H]3CCCO3)c(CN3CC[C@H]4CCCC[C@@H]4C3)c2c1. The smallest absolute Gasteiger partial charge is 0.137 e. The van der Waals surface area contributed by atoms with Crippen LogP contribution in [-0.4, -0.2) is 34.6 Å². The highest BCUT2D eigenvalue weighted by atomic mass is 16.5. The molecule has 25 heavy (non-hydrogen) atoms. The quantitative estimate of drug-likeness (QED) is 0.899. The molecule has 4 nitrogen and oxygen atoms in total. The summed E-state index contributed by atoms with van der Waals surface area (Å²) >= 11 is 0. The second-order valence-corrected chi connectivity index (χ2v) is 8.25. The van der Waals surface area contributed by atoms with E-state index < -0.39 is 0 Å². The fraction of sp³-hybridized carbons (Fsp3) is 0.667. The predicted octanol–water partition coefficient (Wildman–Crippen LogP) is 4.43. The predicted molar refractivity (Wildman–Crippen MR) is 99.4 cm³/mol. The van der Waals surface area contributed by atoms with Crippen molar-refractivity contribution in [3.05, 3.63) is 29.6 Å². The standard InChI is InChI=1S/C21H29N3O/c1-2-6-16-13-24(11-9-15(16)5-1)14-18-17-7-3-10-22-21(17)23-20(18)19-8-4-12-25-19/h3,7,10,15-16,19H,1-2,4-6,8-9,11-14H2,(H,22,23)/t15-,16-,19+/m1/s1. The Balaban J connectivity index is 1.42. The molecule has 0 amide bonds. The van der Waals surface area contributed by atoms with Crippen molar-refractivity contribution in [2.75, 3.05) is 19.7 Å². The molecule has 134 valence electrons. The summed E-state index contributed by atoms with van der Waals surface area (Å²) in [5.41, 5.74) is 3.75. The summed E-state index contributed by atoms with van der Waals surface area (Å²) < 4.78 is 6.01. The highest BCUT2D eigenvalue weighted by Gasteiger charge is 2.32. The number of H-pyrrole nitrogens is 1.